The van der Waals surface area contributed by atoms with E-state index in [9.17, 15) is 0 Å². The minimum atomic E-state index is 0.444. The van der Waals surface area contributed by atoms with E-state index in [1.54, 1.807) is 18.4 Å². The molecular formula is C12H20N2OS. The Balaban J connectivity index is 1.97. The minimum absolute atomic E-state index is 0.444. The van der Waals surface area contributed by atoms with E-state index < -0.39 is 0 Å². The second-order valence-corrected chi connectivity index (χ2v) is 5.34. The number of aromatic nitrogens is 1. The van der Waals surface area contributed by atoms with Crippen LogP contribution in [0.4, 0.5) is 0 Å². The minimum Gasteiger partial charge on any atom is -0.383 e. The molecule has 4 heteroatoms. The maximum absolute atomic E-state index is 5.23. The largest absolute Gasteiger partial charge is 0.383 e. The first-order valence-electron chi connectivity index (χ1n) is 5.99. The van der Waals surface area contributed by atoms with Gasteiger partial charge in [0.2, 0.25) is 0 Å². The van der Waals surface area contributed by atoms with Gasteiger partial charge in [-0.1, -0.05) is 6.92 Å². The highest BCUT2D eigenvalue weighted by Crippen LogP contribution is 2.41. The van der Waals surface area contributed by atoms with Gasteiger partial charge >= 0.3 is 0 Å². The lowest BCUT2D eigenvalue weighted by atomic mass is 10.1. The van der Waals surface area contributed by atoms with E-state index in [4.69, 9.17) is 4.74 Å². The molecule has 1 aliphatic rings. The van der Waals surface area contributed by atoms with Crippen LogP contribution in [0.15, 0.2) is 11.6 Å². The van der Waals surface area contributed by atoms with Crippen LogP contribution >= 0.6 is 11.3 Å². The Labute approximate surface area is 101 Å². The summed E-state index contributed by atoms with van der Waals surface area (Å²) in [5, 5.41) is 6.98. The molecule has 90 valence electrons. The van der Waals surface area contributed by atoms with E-state index in [1.165, 1.54) is 17.8 Å². The van der Waals surface area contributed by atoms with Gasteiger partial charge in [-0.05, 0) is 25.2 Å². The number of thiazole rings is 1. The summed E-state index contributed by atoms with van der Waals surface area (Å²) in [4.78, 5) is 4.44. The predicted molar refractivity (Wildman–Crippen MR) is 66.7 cm³/mol. The van der Waals surface area contributed by atoms with Gasteiger partial charge in [0, 0.05) is 24.7 Å². The fourth-order valence-electron chi connectivity index (χ4n) is 1.97. The third-order valence-corrected chi connectivity index (χ3v) is 3.95. The second-order valence-electron chi connectivity index (χ2n) is 4.41. The van der Waals surface area contributed by atoms with Crippen molar-refractivity contribution in [3.8, 4) is 0 Å². The smallest absolute Gasteiger partial charge is 0.110 e. The predicted octanol–water partition coefficient (Wildman–Crippen LogP) is 2.61. The first kappa shape index (κ1) is 12.0. The summed E-state index contributed by atoms with van der Waals surface area (Å²) in [7, 11) is 1.76. The Morgan fingerprint density at radius 3 is 2.94 bits per heavy atom. The number of hydrogen-bond acceptors (Lipinski definition) is 4. The molecule has 1 saturated carbocycles. The third-order valence-electron chi connectivity index (χ3n) is 3.09. The number of rotatable bonds is 7. The molecule has 3 nitrogen and oxygen atoms in total. The normalized spacial score (nSPS) is 19.6. The van der Waals surface area contributed by atoms with Crippen LogP contribution in [0.1, 0.15) is 37.2 Å². The SMILES string of the molecule is CC[C@@H](COC)N[C@@H](c1nccs1)C1CC1. The quantitative estimate of drug-likeness (QED) is 0.795. The Kier molecular flexibility index (Phi) is 4.32. The van der Waals surface area contributed by atoms with E-state index in [1.807, 2.05) is 6.20 Å². The highest BCUT2D eigenvalue weighted by atomic mass is 32.1. The van der Waals surface area contributed by atoms with Gasteiger partial charge in [0.1, 0.15) is 5.01 Å². The fourth-order valence-corrected chi connectivity index (χ4v) is 2.76. The molecule has 2 rings (SSSR count). The molecule has 16 heavy (non-hydrogen) atoms. The van der Waals surface area contributed by atoms with Crippen molar-refractivity contribution in [2.45, 2.75) is 38.3 Å². The van der Waals surface area contributed by atoms with Crippen molar-refractivity contribution in [3.05, 3.63) is 16.6 Å². The topological polar surface area (TPSA) is 34.1 Å². The van der Waals surface area contributed by atoms with Gasteiger partial charge in [-0.3, -0.25) is 0 Å². The highest BCUT2D eigenvalue weighted by molar-refractivity contribution is 7.09. The lowest BCUT2D eigenvalue weighted by Crippen LogP contribution is -2.36. The molecule has 1 aromatic rings. The second kappa shape index (κ2) is 5.75. The van der Waals surface area contributed by atoms with E-state index >= 15 is 0 Å². The van der Waals surface area contributed by atoms with E-state index in [0.717, 1.165) is 18.9 Å². The van der Waals surface area contributed by atoms with E-state index in [0.29, 0.717) is 12.1 Å². The lowest BCUT2D eigenvalue weighted by Gasteiger charge is -2.23. The Morgan fingerprint density at radius 2 is 2.44 bits per heavy atom. The maximum atomic E-state index is 5.23. The highest BCUT2D eigenvalue weighted by Gasteiger charge is 2.34. The molecule has 0 aromatic carbocycles. The molecule has 2 atom stereocenters. The third kappa shape index (κ3) is 3.03. The molecule has 1 fully saturated rings. The average Bonchev–Trinajstić information content (AvgIpc) is 2.99. The molecule has 1 aliphatic carbocycles. The standard InChI is InChI=1S/C12H20N2OS/c1-3-10(8-15-2)14-11(9-4-5-9)12-13-6-7-16-12/h6-7,9-11,14H,3-5,8H2,1-2H3/t10-,11+/m0/s1. The zero-order valence-electron chi connectivity index (χ0n) is 9.98. The van der Waals surface area contributed by atoms with Gasteiger partial charge in [0.25, 0.3) is 0 Å². The summed E-state index contributed by atoms with van der Waals surface area (Å²) in [5.41, 5.74) is 0. The van der Waals surface area contributed by atoms with Crippen molar-refractivity contribution < 1.29 is 4.74 Å². The number of ether oxygens (including phenoxy) is 1. The van der Waals surface area contributed by atoms with Crippen molar-refractivity contribution in [1.29, 1.82) is 0 Å². The monoisotopic (exact) mass is 240 g/mol. The molecule has 0 amide bonds. The Morgan fingerprint density at radius 1 is 1.62 bits per heavy atom. The van der Waals surface area contributed by atoms with Gasteiger partial charge < -0.3 is 10.1 Å². The molecule has 1 N–H and O–H groups in total. The van der Waals surface area contributed by atoms with Crippen LogP contribution < -0.4 is 5.32 Å². The van der Waals surface area contributed by atoms with E-state index in [-0.39, 0.29) is 0 Å². The molecule has 0 bridgehead atoms. The van der Waals surface area contributed by atoms with Gasteiger partial charge in [-0.15, -0.1) is 11.3 Å². The molecule has 0 unspecified atom stereocenters. The Bertz CT molecular complexity index is 298. The molecule has 1 heterocycles. The van der Waals surface area contributed by atoms with Crippen LogP contribution in [0.2, 0.25) is 0 Å². The summed E-state index contributed by atoms with van der Waals surface area (Å²) in [6.45, 7) is 2.98. The summed E-state index contributed by atoms with van der Waals surface area (Å²) in [6, 6.07) is 0.889. The number of nitrogens with zero attached hydrogens (tertiary/aromatic N) is 1. The van der Waals surface area contributed by atoms with Gasteiger partial charge in [0.05, 0.1) is 12.6 Å². The number of methoxy groups -OCH3 is 1. The van der Waals surface area contributed by atoms with Crippen molar-refractivity contribution in [1.82, 2.24) is 10.3 Å². The van der Waals surface area contributed by atoms with Gasteiger partial charge in [0.15, 0.2) is 0 Å². The van der Waals surface area contributed by atoms with Crippen molar-refractivity contribution in [2.75, 3.05) is 13.7 Å². The van der Waals surface area contributed by atoms with E-state index in [2.05, 4.69) is 22.6 Å². The van der Waals surface area contributed by atoms with Crippen LogP contribution in [0, 0.1) is 5.92 Å². The van der Waals surface area contributed by atoms with Crippen molar-refractivity contribution in [2.24, 2.45) is 5.92 Å². The first-order chi connectivity index (χ1) is 7.85. The molecule has 0 spiro atoms. The van der Waals surface area contributed by atoms with Gasteiger partial charge in [-0.25, -0.2) is 4.98 Å². The van der Waals surface area contributed by atoms with Crippen LogP contribution in [0.25, 0.3) is 0 Å². The van der Waals surface area contributed by atoms with Crippen LogP contribution in [0.3, 0.4) is 0 Å². The zero-order chi connectivity index (χ0) is 11.4. The molecule has 0 radical (unpaired) electrons. The van der Waals surface area contributed by atoms with Crippen molar-refractivity contribution >= 4 is 11.3 Å². The number of hydrogen-bond donors (Lipinski definition) is 1. The molecule has 0 aliphatic heterocycles. The van der Waals surface area contributed by atoms with Crippen LogP contribution in [0.5, 0.6) is 0 Å². The van der Waals surface area contributed by atoms with Crippen molar-refractivity contribution in [3.63, 3.8) is 0 Å². The lowest BCUT2D eigenvalue weighted by molar-refractivity contribution is 0.156. The summed E-state index contributed by atoms with van der Waals surface area (Å²) in [6.07, 6.45) is 5.66. The average molecular weight is 240 g/mol. The molecule has 0 saturated heterocycles. The first-order valence-corrected chi connectivity index (χ1v) is 6.87. The molecular weight excluding hydrogens is 220 g/mol. The summed E-state index contributed by atoms with van der Waals surface area (Å²) >= 11 is 1.76. The summed E-state index contributed by atoms with van der Waals surface area (Å²) < 4.78 is 5.23. The molecule has 1 aromatic heterocycles. The fraction of sp³-hybridized carbons (Fsp3) is 0.750. The van der Waals surface area contributed by atoms with Crippen LogP contribution in [-0.4, -0.2) is 24.7 Å². The summed E-state index contributed by atoms with van der Waals surface area (Å²) in [5.74, 6) is 0.789. The Hall–Kier alpha value is -0.450. The van der Waals surface area contributed by atoms with Crippen LogP contribution in [-0.2, 0) is 4.74 Å². The van der Waals surface area contributed by atoms with Gasteiger partial charge in [-0.2, -0.15) is 0 Å². The number of nitrogens with one attached hydrogen (secondary N) is 1. The maximum Gasteiger partial charge on any atom is 0.110 e. The zero-order valence-corrected chi connectivity index (χ0v) is 10.8.